The summed E-state index contributed by atoms with van der Waals surface area (Å²) in [6, 6.07) is 0. The van der Waals surface area contributed by atoms with Gasteiger partial charge in [-0.1, -0.05) is 6.08 Å². The van der Waals surface area contributed by atoms with Crippen molar-refractivity contribution in [1.82, 2.24) is 5.48 Å². The van der Waals surface area contributed by atoms with Crippen LogP contribution < -0.4 is 5.48 Å². The highest BCUT2D eigenvalue weighted by Crippen LogP contribution is 1.88. The Morgan fingerprint density at radius 2 is 2.40 bits per heavy atom. The first-order valence-corrected chi connectivity index (χ1v) is 2.84. The lowest BCUT2D eigenvalue weighted by Crippen LogP contribution is -2.12. The van der Waals surface area contributed by atoms with Gasteiger partial charge in [-0.05, 0) is 6.92 Å². The van der Waals surface area contributed by atoms with E-state index in [2.05, 4.69) is 10.3 Å². The summed E-state index contributed by atoms with van der Waals surface area (Å²) in [5.41, 5.74) is 2.80. The van der Waals surface area contributed by atoms with E-state index < -0.39 is 5.97 Å². The SMILES string of the molecule is CONC/C=C(/C)C(=O)O. The molecule has 0 spiro atoms. The molecule has 10 heavy (non-hydrogen) atoms. The number of hydrogen-bond acceptors (Lipinski definition) is 3. The van der Waals surface area contributed by atoms with Crippen molar-refractivity contribution < 1.29 is 14.7 Å². The molecule has 0 aliphatic heterocycles. The molecule has 4 heteroatoms. The molecule has 0 saturated heterocycles. The van der Waals surface area contributed by atoms with Crippen molar-refractivity contribution in [3.63, 3.8) is 0 Å². The molecule has 0 radical (unpaired) electrons. The predicted octanol–water partition coefficient (Wildman–Crippen LogP) is 0.168. The van der Waals surface area contributed by atoms with E-state index in [0.717, 1.165) is 0 Å². The fourth-order valence-corrected chi connectivity index (χ4v) is 0.365. The molecule has 0 saturated carbocycles. The fraction of sp³-hybridized carbons (Fsp3) is 0.500. The standard InChI is InChI=1S/C6H11NO3/c1-5(6(8)9)3-4-7-10-2/h3,7H,4H2,1-2H3,(H,8,9)/b5-3-. The van der Waals surface area contributed by atoms with Gasteiger partial charge in [0.1, 0.15) is 0 Å². The molecule has 58 valence electrons. The third-order valence-corrected chi connectivity index (χ3v) is 0.973. The average Bonchev–Trinajstić information content (AvgIpc) is 1.88. The van der Waals surface area contributed by atoms with E-state index in [9.17, 15) is 4.79 Å². The van der Waals surface area contributed by atoms with Crippen LogP contribution in [0.25, 0.3) is 0 Å². The molecule has 0 atom stereocenters. The molecule has 0 amide bonds. The van der Waals surface area contributed by atoms with Crippen molar-refractivity contribution in [1.29, 1.82) is 0 Å². The van der Waals surface area contributed by atoms with E-state index in [0.29, 0.717) is 12.1 Å². The largest absolute Gasteiger partial charge is 0.478 e. The summed E-state index contributed by atoms with van der Waals surface area (Å²) in [4.78, 5) is 14.6. The number of carbonyl (C=O) groups is 1. The molecular weight excluding hydrogens is 134 g/mol. The molecule has 0 aliphatic carbocycles. The van der Waals surface area contributed by atoms with Crippen molar-refractivity contribution >= 4 is 5.97 Å². The summed E-state index contributed by atoms with van der Waals surface area (Å²) in [5.74, 6) is -0.905. The Bertz CT molecular complexity index is 142. The number of carboxylic acid groups (broad SMARTS) is 1. The predicted molar refractivity (Wildman–Crippen MR) is 36.4 cm³/mol. The van der Waals surface area contributed by atoms with Gasteiger partial charge in [0.15, 0.2) is 0 Å². The van der Waals surface area contributed by atoms with Crippen LogP contribution in [0.1, 0.15) is 6.92 Å². The number of hydrogen-bond donors (Lipinski definition) is 2. The average molecular weight is 145 g/mol. The van der Waals surface area contributed by atoms with E-state index in [-0.39, 0.29) is 0 Å². The maximum atomic E-state index is 10.2. The Morgan fingerprint density at radius 3 is 2.80 bits per heavy atom. The molecule has 0 aromatic carbocycles. The van der Waals surface area contributed by atoms with E-state index in [4.69, 9.17) is 5.11 Å². The molecule has 0 heterocycles. The lowest BCUT2D eigenvalue weighted by Gasteiger charge is -1.95. The fourth-order valence-electron chi connectivity index (χ4n) is 0.365. The maximum Gasteiger partial charge on any atom is 0.330 e. The Balaban J connectivity index is 3.58. The minimum absolute atomic E-state index is 0.310. The first-order valence-electron chi connectivity index (χ1n) is 2.84. The van der Waals surface area contributed by atoms with Crippen LogP contribution in [0, 0.1) is 0 Å². The molecule has 0 aliphatic rings. The zero-order valence-electron chi connectivity index (χ0n) is 6.05. The topological polar surface area (TPSA) is 58.6 Å². The molecule has 0 aromatic rings. The monoisotopic (exact) mass is 145 g/mol. The van der Waals surface area contributed by atoms with E-state index in [1.165, 1.54) is 20.1 Å². The summed E-state index contributed by atoms with van der Waals surface area (Å²) < 4.78 is 0. The second-order valence-electron chi connectivity index (χ2n) is 1.74. The molecule has 2 N–H and O–H groups in total. The molecule has 0 fully saturated rings. The summed E-state index contributed by atoms with van der Waals surface area (Å²) in [6.07, 6.45) is 1.53. The highest BCUT2D eigenvalue weighted by molar-refractivity contribution is 5.85. The Labute approximate surface area is 59.4 Å². The van der Waals surface area contributed by atoms with Crippen LogP contribution in [0.5, 0.6) is 0 Å². The van der Waals surface area contributed by atoms with Crippen LogP contribution in [-0.2, 0) is 9.63 Å². The van der Waals surface area contributed by atoms with Gasteiger partial charge >= 0.3 is 5.97 Å². The van der Waals surface area contributed by atoms with Crippen LogP contribution in [0.3, 0.4) is 0 Å². The quantitative estimate of drug-likeness (QED) is 0.336. The van der Waals surface area contributed by atoms with Gasteiger partial charge in [-0.2, -0.15) is 5.48 Å². The third kappa shape index (κ3) is 4.05. The molecule has 0 unspecified atom stereocenters. The van der Waals surface area contributed by atoms with Crippen molar-refractivity contribution in [3.8, 4) is 0 Å². The van der Waals surface area contributed by atoms with Crippen LogP contribution in [0.4, 0.5) is 0 Å². The van der Waals surface area contributed by atoms with Crippen molar-refractivity contribution in [3.05, 3.63) is 11.6 Å². The van der Waals surface area contributed by atoms with Gasteiger partial charge < -0.3 is 9.94 Å². The summed E-state index contributed by atoms with van der Waals surface area (Å²) in [7, 11) is 1.48. The summed E-state index contributed by atoms with van der Waals surface area (Å²) in [6.45, 7) is 1.94. The molecular formula is C6H11NO3. The Hall–Kier alpha value is -0.870. The summed E-state index contributed by atoms with van der Waals surface area (Å²) >= 11 is 0. The van der Waals surface area contributed by atoms with Crippen LogP contribution >= 0.6 is 0 Å². The smallest absolute Gasteiger partial charge is 0.330 e. The number of rotatable bonds is 4. The molecule has 4 nitrogen and oxygen atoms in total. The lowest BCUT2D eigenvalue weighted by atomic mass is 10.3. The van der Waals surface area contributed by atoms with Crippen molar-refractivity contribution in [2.24, 2.45) is 0 Å². The van der Waals surface area contributed by atoms with Gasteiger partial charge in [0.25, 0.3) is 0 Å². The Morgan fingerprint density at radius 1 is 1.80 bits per heavy atom. The van der Waals surface area contributed by atoms with E-state index in [1.54, 1.807) is 0 Å². The number of carboxylic acids is 1. The maximum absolute atomic E-state index is 10.2. The first-order chi connectivity index (χ1) is 4.68. The zero-order chi connectivity index (χ0) is 7.98. The van der Waals surface area contributed by atoms with Crippen LogP contribution in [-0.4, -0.2) is 24.7 Å². The van der Waals surface area contributed by atoms with E-state index >= 15 is 0 Å². The number of aliphatic carboxylic acids is 1. The lowest BCUT2D eigenvalue weighted by molar-refractivity contribution is -0.132. The molecule has 0 rings (SSSR count). The Kier molecular flexibility index (Phi) is 4.53. The number of hydroxylamine groups is 1. The van der Waals surface area contributed by atoms with Gasteiger partial charge in [0.2, 0.25) is 0 Å². The second-order valence-corrected chi connectivity index (χ2v) is 1.74. The van der Waals surface area contributed by atoms with Gasteiger partial charge in [-0.25, -0.2) is 4.79 Å². The summed E-state index contributed by atoms with van der Waals surface area (Å²) in [5, 5.41) is 8.34. The zero-order valence-corrected chi connectivity index (χ0v) is 6.05. The number of nitrogens with one attached hydrogen (secondary N) is 1. The van der Waals surface area contributed by atoms with Gasteiger partial charge in [0, 0.05) is 12.1 Å². The van der Waals surface area contributed by atoms with Gasteiger partial charge in [-0.3, -0.25) is 0 Å². The second kappa shape index (κ2) is 4.96. The highest BCUT2D eigenvalue weighted by Gasteiger charge is 1.96. The van der Waals surface area contributed by atoms with E-state index in [1.807, 2.05) is 0 Å². The van der Waals surface area contributed by atoms with Crippen LogP contribution in [0.2, 0.25) is 0 Å². The van der Waals surface area contributed by atoms with Crippen LogP contribution in [0.15, 0.2) is 11.6 Å². The minimum atomic E-state index is -0.905. The highest BCUT2D eigenvalue weighted by atomic mass is 16.6. The third-order valence-electron chi connectivity index (χ3n) is 0.973. The first kappa shape index (κ1) is 9.13. The normalized spacial score (nSPS) is 11.6. The van der Waals surface area contributed by atoms with Gasteiger partial charge in [0.05, 0.1) is 7.11 Å². The molecule has 0 aromatic heterocycles. The molecule has 0 bridgehead atoms. The van der Waals surface area contributed by atoms with Gasteiger partial charge in [-0.15, -0.1) is 0 Å². The minimum Gasteiger partial charge on any atom is -0.478 e. The van der Waals surface area contributed by atoms with Crippen molar-refractivity contribution in [2.75, 3.05) is 13.7 Å². The van der Waals surface area contributed by atoms with Crippen molar-refractivity contribution in [2.45, 2.75) is 6.92 Å².